The van der Waals surface area contributed by atoms with Crippen molar-refractivity contribution in [2.45, 2.75) is 20.8 Å². The van der Waals surface area contributed by atoms with Crippen molar-refractivity contribution in [3.05, 3.63) is 0 Å². The van der Waals surface area contributed by atoms with Gasteiger partial charge in [-0.25, -0.2) is 9.59 Å². The van der Waals surface area contributed by atoms with Crippen molar-refractivity contribution in [3.63, 3.8) is 0 Å². The fourth-order valence-corrected chi connectivity index (χ4v) is 0.471. The van der Waals surface area contributed by atoms with Gasteiger partial charge in [0.2, 0.25) is 0 Å². The van der Waals surface area contributed by atoms with Crippen LogP contribution in [0.15, 0.2) is 0 Å². The Morgan fingerprint density at radius 2 is 1.64 bits per heavy atom. The SMILES string of the molecule is COC(=O)C#CC(=O)OCC(C)(C)C. The zero-order valence-corrected chi connectivity index (χ0v) is 8.84. The molecule has 0 fully saturated rings. The van der Waals surface area contributed by atoms with Gasteiger partial charge in [-0.3, -0.25) is 0 Å². The van der Waals surface area contributed by atoms with Crippen molar-refractivity contribution >= 4 is 11.9 Å². The van der Waals surface area contributed by atoms with Crippen LogP contribution in [-0.2, 0) is 19.1 Å². The van der Waals surface area contributed by atoms with Crippen molar-refractivity contribution in [2.75, 3.05) is 13.7 Å². The highest BCUT2D eigenvalue weighted by molar-refractivity contribution is 5.98. The van der Waals surface area contributed by atoms with E-state index in [0.717, 1.165) is 0 Å². The van der Waals surface area contributed by atoms with Gasteiger partial charge in [0.1, 0.15) is 0 Å². The lowest BCUT2D eigenvalue weighted by molar-refractivity contribution is -0.140. The molecule has 0 aromatic carbocycles. The molecule has 0 aromatic rings. The average molecular weight is 198 g/mol. The molecular weight excluding hydrogens is 184 g/mol. The van der Waals surface area contributed by atoms with Gasteiger partial charge in [0, 0.05) is 11.8 Å². The monoisotopic (exact) mass is 198 g/mol. The van der Waals surface area contributed by atoms with Gasteiger partial charge in [-0.05, 0) is 5.41 Å². The second kappa shape index (κ2) is 5.28. The third kappa shape index (κ3) is 7.17. The largest absolute Gasteiger partial charge is 0.459 e. The highest BCUT2D eigenvalue weighted by Crippen LogP contribution is 2.12. The standard InChI is InChI=1S/C10H14O4/c1-10(2,3)7-14-9(12)6-5-8(11)13-4/h7H2,1-4H3. The average Bonchev–Trinajstić information content (AvgIpc) is 2.09. The summed E-state index contributed by atoms with van der Waals surface area (Å²) in [6, 6.07) is 0. The Bertz CT molecular complexity index is 275. The first kappa shape index (κ1) is 12.5. The van der Waals surface area contributed by atoms with Crippen LogP contribution in [-0.4, -0.2) is 25.7 Å². The van der Waals surface area contributed by atoms with Crippen LogP contribution in [0.2, 0.25) is 0 Å². The topological polar surface area (TPSA) is 52.6 Å². The number of carbonyl (C=O) groups excluding carboxylic acids is 2. The summed E-state index contributed by atoms with van der Waals surface area (Å²) in [6.45, 7) is 6.04. The summed E-state index contributed by atoms with van der Waals surface area (Å²) in [4.78, 5) is 21.4. The third-order valence-electron chi connectivity index (χ3n) is 1.09. The van der Waals surface area contributed by atoms with E-state index in [2.05, 4.69) is 4.74 Å². The summed E-state index contributed by atoms with van der Waals surface area (Å²) in [5.41, 5.74) is -0.109. The van der Waals surface area contributed by atoms with Gasteiger partial charge in [0.05, 0.1) is 13.7 Å². The van der Waals surface area contributed by atoms with Crippen LogP contribution in [0, 0.1) is 17.3 Å². The first-order valence-electron chi connectivity index (χ1n) is 4.12. The van der Waals surface area contributed by atoms with Gasteiger partial charge in [-0.1, -0.05) is 20.8 Å². The fraction of sp³-hybridized carbons (Fsp3) is 0.600. The normalized spacial score (nSPS) is 9.71. The van der Waals surface area contributed by atoms with Gasteiger partial charge in [-0.15, -0.1) is 0 Å². The molecule has 0 atom stereocenters. The maximum Gasteiger partial charge on any atom is 0.384 e. The second-order valence-electron chi connectivity index (χ2n) is 3.88. The summed E-state index contributed by atoms with van der Waals surface area (Å²) < 4.78 is 9.01. The predicted octanol–water partition coefficient (Wildman–Crippen LogP) is 0.752. The number of ether oxygens (including phenoxy) is 2. The quantitative estimate of drug-likeness (QED) is 0.354. The molecule has 0 amide bonds. The molecule has 0 aliphatic carbocycles. The van der Waals surface area contributed by atoms with Crippen LogP contribution >= 0.6 is 0 Å². The zero-order valence-electron chi connectivity index (χ0n) is 8.84. The molecule has 0 unspecified atom stereocenters. The van der Waals surface area contributed by atoms with E-state index in [-0.39, 0.29) is 12.0 Å². The molecule has 0 aliphatic rings. The van der Waals surface area contributed by atoms with Crippen LogP contribution in [0.1, 0.15) is 20.8 Å². The molecule has 0 aliphatic heterocycles. The number of esters is 2. The molecule has 0 N–H and O–H groups in total. The Labute approximate surface area is 83.6 Å². The van der Waals surface area contributed by atoms with E-state index >= 15 is 0 Å². The summed E-state index contributed by atoms with van der Waals surface area (Å²) in [5.74, 6) is 2.53. The minimum absolute atomic E-state index is 0.109. The van der Waals surface area contributed by atoms with E-state index < -0.39 is 11.9 Å². The van der Waals surface area contributed by atoms with E-state index in [1.54, 1.807) is 0 Å². The van der Waals surface area contributed by atoms with Gasteiger partial charge < -0.3 is 9.47 Å². The smallest absolute Gasteiger partial charge is 0.384 e. The van der Waals surface area contributed by atoms with Gasteiger partial charge in [-0.2, -0.15) is 0 Å². The Morgan fingerprint density at radius 1 is 1.14 bits per heavy atom. The molecule has 0 heterocycles. The Hall–Kier alpha value is -1.50. The fourth-order valence-electron chi connectivity index (χ4n) is 0.471. The molecule has 14 heavy (non-hydrogen) atoms. The number of methoxy groups -OCH3 is 1. The zero-order chi connectivity index (χ0) is 11.2. The van der Waals surface area contributed by atoms with Crippen molar-refractivity contribution in [1.82, 2.24) is 0 Å². The van der Waals surface area contributed by atoms with Crippen molar-refractivity contribution < 1.29 is 19.1 Å². The highest BCUT2D eigenvalue weighted by Gasteiger charge is 2.12. The van der Waals surface area contributed by atoms with Crippen LogP contribution in [0.4, 0.5) is 0 Å². The van der Waals surface area contributed by atoms with Crippen molar-refractivity contribution in [1.29, 1.82) is 0 Å². The number of hydrogen-bond donors (Lipinski definition) is 0. The second-order valence-corrected chi connectivity index (χ2v) is 3.88. The van der Waals surface area contributed by atoms with Crippen LogP contribution in [0.5, 0.6) is 0 Å². The van der Waals surface area contributed by atoms with Crippen molar-refractivity contribution in [3.8, 4) is 11.8 Å². The molecule has 0 aromatic heterocycles. The molecule has 4 nitrogen and oxygen atoms in total. The van der Waals surface area contributed by atoms with Crippen LogP contribution in [0.3, 0.4) is 0 Å². The number of carbonyl (C=O) groups is 2. The van der Waals surface area contributed by atoms with E-state index in [9.17, 15) is 9.59 Å². The number of rotatable bonds is 1. The minimum Gasteiger partial charge on any atom is -0.459 e. The summed E-state index contributed by atoms with van der Waals surface area (Å²) in [7, 11) is 1.19. The molecular formula is C10H14O4. The Kier molecular flexibility index (Phi) is 4.71. The summed E-state index contributed by atoms with van der Waals surface area (Å²) >= 11 is 0. The van der Waals surface area contributed by atoms with E-state index in [1.165, 1.54) is 7.11 Å². The lowest BCUT2D eigenvalue weighted by Gasteiger charge is -2.16. The van der Waals surface area contributed by atoms with Crippen LogP contribution in [0.25, 0.3) is 0 Å². The maximum absolute atomic E-state index is 10.9. The molecule has 0 radical (unpaired) electrons. The van der Waals surface area contributed by atoms with Gasteiger partial charge in [0.25, 0.3) is 0 Å². The summed E-state index contributed by atoms with van der Waals surface area (Å²) in [5, 5.41) is 0. The molecule has 78 valence electrons. The molecule has 4 heteroatoms. The third-order valence-corrected chi connectivity index (χ3v) is 1.09. The predicted molar refractivity (Wildman–Crippen MR) is 50.2 cm³/mol. The van der Waals surface area contributed by atoms with Gasteiger partial charge >= 0.3 is 11.9 Å². The molecule has 0 spiro atoms. The molecule has 0 saturated carbocycles. The van der Waals surface area contributed by atoms with Crippen LogP contribution < -0.4 is 0 Å². The maximum atomic E-state index is 10.9. The first-order valence-corrected chi connectivity index (χ1v) is 4.12. The lowest BCUT2D eigenvalue weighted by Crippen LogP contribution is -2.17. The van der Waals surface area contributed by atoms with E-state index in [0.29, 0.717) is 0 Å². The number of hydrogen-bond acceptors (Lipinski definition) is 4. The first-order chi connectivity index (χ1) is 6.35. The highest BCUT2D eigenvalue weighted by atomic mass is 16.5. The lowest BCUT2D eigenvalue weighted by atomic mass is 9.99. The molecule has 0 rings (SSSR count). The Morgan fingerprint density at radius 3 is 2.07 bits per heavy atom. The van der Waals surface area contributed by atoms with E-state index in [1.807, 2.05) is 32.6 Å². The Balaban J connectivity index is 3.98. The minimum atomic E-state index is -0.752. The summed E-state index contributed by atoms with van der Waals surface area (Å²) in [6.07, 6.45) is 0. The molecule has 0 bridgehead atoms. The van der Waals surface area contributed by atoms with E-state index in [4.69, 9.17) is 4.74 Å². The van der Waals surface area contributed by atoms with Crippen molar-refractivity contribution in [2.24, 2.45) is 5.41 Å². The molecule has 0 saturated heterocycles. The van der Waals surface area contributed by atoms with Gasteiger partial charge in [0.15, 0.2) is 0 Å².